The van der Waals surface area contributed by atoms with E-state index in [0.717, 1.165) is 26.2 Å². The first-order valence-corrected chi connectivity index (χ1v) is 6.51. The lowest BCUT2D eigenvalue weighted by atomic mass is 9.82. The summed E-state index contributed by atoms with van der Waals surface area (Å²) in [7, 11) is 0. The van der Waals surface area contributed by atoms with Crippen LogP contribution in [-0.4, -0.2) is 53.8 Å². The summed E-state index contributed by atoms with van der Waals surface area (Å²) in [6.45, 7) is 12.8. The van der Waals surface area contributed by atoms with Crippen molar-refractivity contribution in [3.63, 3.8) is 0 Å². The predicted octanol–water partition coefficient (Wildman–Crippen LogP) is 1.24. The van der Waals surface area contributed by atoms with Crippen molar-refractivity contribution < 1.29 is 4.79 Å². The minimum Gasteiger partial charge on any atom is -0.299 e. The third-order valence-electron chi connectivity index (χ3n) is 4.08. The number of rotatable bonds is 4. The zero-order chi connectivity index (χ0) is 11.9. The molecule has 0 aromatic rings. The number of hydrogen-bond donors (Lipinski definition) is 0. The number of ketones is 1. The fourth-order valence-electron chi connectivity index (χ4n) is 2.56. The molecule has 0 aromatic carbocycles. The van der Waals surface area contributed by atoms with E-state index in [9.17, 15) is 4.79 Å². The first-order valence-electron chi connectivity index (χ1n) is 6.51. The quantitative estimate of drug-likeness (QED) is 0.718. The van der Waals surface area contributed by atoms with Gasteiger partial charge in [-0.1, -0.05) is 0 Å². The number of carbonyl (C=O) groups excluding carboxylic acids is 1. The number of likely N-dealkylation sites (tertiary alicyclic amines) is 2. The van der Waals surface area contributed by atoms with E-state index in [-0.39, 0.29) is 0 Å². The summed E-state index contributed by atoms with van der Waals surface area (Å²) in [5, 5.41) is 0. The highest BCUT2D eigenvalue weighted by atomic mass is 16.1. The molecule has 2 aliphatic heterocycles. The van der Waals surface area contributed by atoms with E-state index in [1.165, 1.54) is 0 Å². The molecule has 0 radical (unpaired) electrons. The van der Waals surface area contributed by atoms with Crippen molar-refractivity contribution in [2.45, 2.75) is 39.8 Å². The van der Waals surface area contributed by atoms with Gasteiger partial charge in [-0.3, -0.25) is 14.6 Å². The summed E-state index contributed by atoms with van der Waals surface area (Å²) in [6.07, 6.45) is 0. The number of carbonyl (C=O) groups is 1. The lowest BCUT2D eigenvalue weighted by Gasteiger charge is -2.47. The molecule has 0 spiro atoms. The average Bonchev–Trinajstić information content (AvgIpc) is 1.95. The molecular weight excluding hydrogens is 200 g/mol. The van der Waals surface area contributed by atoms with Gasteiger partial charge in [-0.15, -0.1) is 0 Å². The van der Waals surface area contributed by atoms with Gasteiger partial charge in [-0.25, -0.2) is 0 Å². The van der Waals surface area contributed by atoms with Gasteiger partial charge < -0.3 is 0 Å². The highest BCUT2D eigenvalue weighted by Gasteiger charge is 2.41. The van der Waals surface area contributed by atoms with Gasteiger partial charge in [0.05, 0.1) is 0 Å². The molecule has 0 N–H and O–H groups in total. The largest absolute Gasteiger partial charge is 0.299 e. The molecule has 0 aromatic heterocycles. The van der Waals surface area contributed by atoms with E-state index in [1.807, 2.05) is 0 Å². The van der Waals surface area contributed by atoms with Crippen LogP contribution in [0.4, 0.5) is 0 Å². The van der Waals surface area contributed by atoms with Gasteiger partial charge in [0.25, 0.3) is 0 Å². The minimum absolute atomic E-state index is 0.335. The van der Waals surface area contributed by atoms with Gasteiger partial charge in [0.2, 0.25) is 0 Å². The molecular formula is C13H24N2O. The maximum absolute atomic E-state index is 12.1. The van der Waals surface area contributed by atoms with Crippen LogP contribution >= 0.6 is 0 Å². The summed E-state index contributed by atoms with van der Waals surface area (Å²) in [4.78, 5) is 16.8. The van der Waals surface area contributed by atoms with Crippen molar-refractivity contribution in [3.8, 4) is 0 Å². The van der Waals surface area contributed by atoms with Crippen LogP contribution in [0.5, 0.6) is 0 Å². The van der Waals surface area contributed by atoms with E-state index in [4.69, 9.17) is 0 Å². The second-order valence-electron chi connectivity index (χ2n) is 5.89. The zero-order valence-corrected chi connectivity index (χ0v) is 10.9. The molecule has 0 atom stereocenters. The zero-order valence-electron chi connectivity index (χ0n) is 10.9. The Morgan fingerprint density at radius 2 is 1.19 bits per heavy atom. The molecule has 2 saturated heterocycles. The minimum atomic E-state index is 0.335. The molecule has 2 rings (SSSR count). The predicted molar refractivity (Wildman–Crippen MR) is 65.4 cm³/mol. The van der Waals surface area contributed by atoms with Gasteiger partial charge in [0.1, 0.15) is 5.78 Å². The van der Waals surface area contributed by atoms with Crippen molar-refractivity contribution in [1.29, 1.82) is 0 Å². The van der Waals surface area contributed by atoms with Crippen molar-refractivity contribution in [1.82, 2.24) is 9.80 Å². The normalized spacial score (nSPS) is 24.9. The van der Waals surface area contributed by atoms with E-state index < -0.39 is 0 Å². The fraction of sp³-hybridized carbons (Fsp3) is 0.923. The Kier molecular flexibility index (Phi) is 3.36. The molecule has 0 saturated carbocycles. The summed E-state index contributed by atoms with van der Waals surface area (Å²) < 4.78 is 0. The maximum Gasteiger partial charge on any atom is 0.144 e. The van der Waals surface area contributed by atoms with E-state index >= 15 is 0 Å². The molecule has 2 aliphatic rings. The van der Waals surface area contributed by atoms with E-state index in [1.54, 1.807) is 0 Å². The molecule has 2 heterocycles. The van der Waals surface area contributed by atoms with Gasteiger partial charge in [0, 0.05) is 50.1 Å². The van der Waals surface area contributed by atoms with Gasteiger partial charge >= 0.3 is 0 Å². The Hall–Kier alpha value is -0.410. The fourth-order valence-corrected chi connectivity index (χ4v) is 2.56. The summed E-state index contributed by atoms with van der Waals surface area (Å²) in [5.74, 6) is 1.19. The van der Waals surface area contributed by atoms with Crippen LogP contribution in [0.25, 0.3) is 0 Å². The molecule has 2 fully saturated rings. The Bertz CT molecular complexity index is 237. The molecule has 0 amide bonds. The Morgan fingerprint density at radius 1 is 0.875 bits per heavy atom. The van der Waals surface area contributed by atoms with E-state index in [0.29, 0.717) is 29.7 Å². The molecule has 3 heteroatoms. The summed E-state index contributed by atoms with van der Waals surface area (Å²) in [6, 6.07) is 1.19. The Labute approximate surface area is 98.8 Å². The molecule has 0 aliphatic carbocycles. The summed E-state index contributed by atoms with van der Waals surface area (Å²) in [5.41, 5.74) is 0. The average molecular weight is 224 g/mol. The molecule has 16 heavy (non-hydrogen) atoms. The summed E-state index contributed by atoms with van der Waals surface area (Å²) >= 11 is 0. The highest BCUT2D eigenvalue weighted by molar-refractivity contribution is 5.85. The second-order valence-corrected chi connectivity index (χ2v) is 5.89. The molecule has 0 unspecified atom stereocenters. The Balaban J connectivity index is 1.72. The number of nitrogens with zero attached hydrogens (tertiary/aromatic N) is 2. The van der Waals surface area contributed by atoms with Crippen molar-refractivity contribution >= 4 is 5.78 Å². The monoisotopic (exact) mass is 224 g/mol. The number of Topliss-reactive ketones (excluding diaryl/α,β-unsaturated/α-hetero) is 1. The molecule has 92 valence electrons. The van der Waals surface area contributed by atoms with Crippen LogP contribution in [0.1, 0.15) is 27.7 Å². The molecule has 3 nitrogen and oxygen atoms in total. The van der Waals surface area contributed by atoms with Crippen molar-refractivity contribution in [3.05, 3.63) is 0 Å². The van der Waals surface area contributed by atoms with E-state index in [2.05, 4.69) is 37.5 Å². The van der Waals surface area contributed by atoms with Gasteiger partial charge in [0.15, 0.2) is 0 Å². The topological polar surface area (TPSA) is 23.6 Å². The third-order valence-corrected chi connectivity index (χ3v) is 4.08. The number of hydrogen-bond acceptors (Lipinski definition) is 3. The SMILES string of the molecule is CC(C)N1CC(C(=O)C2CN(C(C)C)C2)C1. The maximum atomic E-state index is 12.1. The lowest BCUT2D eigenvalue weighted by Crippen LogP contribution is -2.60. The first-order chi connectivity index (χ1) is 7.49. The van der Waals surface area contributed by atoms with Crippen molar-refractivity contribution in [2.24, 2.45) is 11.8 Å². The van der Waals surface area contributed by atoms with Crippen LogP contribution in [0.3, 0.4) is 0 Å². The molecule has 0 bridgehead atoms. The highest BCUT2D eigenvalue weighted by Crippen LogP contribution is 2.27. The van der Waals surface area contributed by atoms with Crippen LogP contribution in [0.15, 0.2) is 0 Å². The van der Waals surface area contributed by atoms with Crippen LogP contribution < -0.4 is 0 Å². The van der Waals surface area contributed by atoms with Crippen LogP contribution in [0, 0.1) is 11.8 Å². The van der Waals surface area contributed by atoms with Crippen LogP contribution in [0.2, 0.25) is 0 Å². The first kappa shape index (κ1) is 12.1. The van der Waals surface area contributed by atoms with Crippen LogP contribution in [-0.2, 0) is 4.79 Å². The third kappa shape index (κ3) is 2.16. The smallest absolute Gasteiger partial charge is 0.144 e. The second kappa shape index (κ2) is 4.46. The van der Waals surface area contributed by atoms with Gasteiger partial charge in [-0.05, 0) is 27.7 Å². The standard InChI is InChI=1S/C13H24N2O/c1-9(2)14-5-11(6-14)13(16)12-7-15(8-12)10(3)4/h9-12H,5-8H2,1-4H3. The van der Waals surface area contributed by atoms with Crippen molar-refractivity contribution in [2.75, 3.05) is 26.2 Å². The lowest BCUT2D eigenvalue weighted by molar-refractivity contribution is -0.139. The Morgan fingerprint density at radius 3 is 1.44 bits per heavy atom. The van der Waals surface area contributed by atoms with Gasteiger partial charge in [-0.2, -0.15) is 0 Å².